The first-order valence-electron chi connectivity index (χ1n) is 8.94. The van der Waals surface area contributed by atoms with Gasteiger partial charge in [0.1, 0.15) is 0 Å². The highest BCUT2D eigenvalue weighted by Crippen LogP contribution is 2.41. The third-order valence-corrected chi connectivity index (χ3v) is 5.46. The Kier molecular flexibility index (Phi) is 4.77. The molecule has 28 heavy (non-hydrogen) atoms. The highest BCUT2D eigenvalue weighted by molar-refractivity contribution is 7.99. The zero-order valence-electron chi connectivity index (χ0n) is 15.9. The molecule has 0 saturated carbocycles. The van der Waals surface area contributed by atoms with Crippen LogP contribution in [0.2, 0.25) is 0 Å². The molecule has 1 aliphatic heterocycles. The number of rotatable bonds is 4. The minimum Gasteiger partial charge on any atom is -0.411 e. The summed E-state index contributed by atoms with van der Waals surface area (Å²) in [5.41, 5.74) is 3.56. The molecule has 0 bridgehead atoms. The number of carbonyl (C=O) groups excluding carboxylic acids is 1. The van der Waals surface area contributed by atoms with Gasteiger partial charge in [-0.25, -0.2) is 0 Å². The number of hydrogen-bond acceptors (Lipinski definition) is 6. The molecule has 0 fully saturated rings. The molecule has 1 aliphatic rings. The van der Waals surface area contributed by atoms with Crippen LogP contribution in [0.3, 0.4) is 0 Å². The van der Waals surface area contributed by atoms with Crippen LogP contribution in [-0.2, 0) is 4.79 Å². The molecule has 0 unspecified atom stereocenters. The second kappa shape index (κ2) is 7.24. The molecule has 0 radical (unpaired) electrons. The molecule has 4 rings (SSSR count). The lowest BCUT2D eigenvalue weighted by Gasteiger charge is -2.41. The average Bonchev–Trinajstić information content (AvgIpc) is 3.15. The van der Waals surface area contributed by atoms with Gasteiger partial charge in [0.15, 0.2) is 0 Å². The van der Waals surface area contributed by atoms with Crippen molar-refractivity contribution >= 4 is 28.9 Å². The second-order valence-corrected chi connectivity index (χ2v) is 8.02. The Morgan fingerprint density at radius 2 is 1.89 bits per heavy atom. The molecule has 142 valence electrons. The number of fused-ring (bicyclic) bond motifs is 1. The third kappa shape index (κ3) is 3.45. The third-order valence-electron chi connectivity index (χ3n) is 4.59. The number of hydrogen-bond donors (Lipinski definition) is 0. The van der Waals surface area contributed by atoms with E-state index >= 15 is 0 Å². The van der Waals surface area contributed by atoms with Crippen molar-refractivity contribution in [2.45, 2.75) is 31.5 Å². The maximum absolute atomic E-state index is 12.3. The number of benzene rings is 1. The second-order valence-electron chi connectivity index (χ2n) is 7.09. The van der Waals surface area contributed by atoms with E-state index in [1.54, 1.807) is 19.3 Å². The van der Waals surface area contributed by atoms with Gasteiger partial charge in [-0.15, -0.1) is 10.2 Å². The molecule has 0 atom stereocenters. The Hall–Kier alpha value is -2.93. The Morgan fingerprint density at radius 3 is 2.64 bits per heavy atom. The summed E-state index contributed by atoms with van der Waals surface area (Å²) in [6, 6.07) is 11.6. The van der Waals surface area contributed by atoms with Crippen molar-refractivity contribution in [1.82, 2.24) is 15.2 Å². The van der Waals surface area contributed by atoms with E-state index in [-0.39, 0.29) is 5.91 Å². The summed E-state index contributed by atoms with van der Waals surface area (Å²) >= 11 is 1.49. The first kappa shape index (κ1) is 18.4. The van der Waals surface area contributed by atoms with Crippen molar-refractivity contribution in [2.75, 3.05) is 10.7 Å². The quantitative estimate of drug-likeness (QED) is 0.611. The lowest BCUT2D eigenvalue weighted by molar-refractivity contribution is -0.117. The number of amides is 1. The van der Waals surface area contributed by atoms with Crippen molar-refractivity contribution in [3.05, 3.63) is 60.4 Å². The van der Waals surface area contributed by atoms with E-state index in [1.165, 1.54) is 11.8 Å². The number of aromatic nitrogens is 3. The van der Waals surface area contributed by atoms with Crippen LogP contribution < -0.4 is 4.90 Å². The molecule has 7 heteroatoms. The summed E-state index contributed by atoms with van der Waals surface area (Å²) in [5.74, 6) is 1.18. The first-order chi connectivity index (χ1) is 13.5. The van der Waals surface area contributed by atoms with Crippen LogP contribution in [0, 0.1) is 0 Å². The normalized spacial score (nSPS) is 15.1. The minimum atomic E-state index is -0.410. The van der Waals surface area contributed by atoms with Crippen molar-refractivity contribution in [3.63, 3.8) is 0 Å². The van der Waals surface area contributed by atoms with Crippen molar-refractivity contribution in [1.29, 1.82) is 0 Å². The van der Waals surface area contributed by atoms with Gasteiger partial charge in [-0.3, -0.25) is 9.78 Å². The molecule has 6 nitrogen and oxygen atoms in total. The Labute approximate surface area is 167 Å². The Bertz CT molecular complexity index is 1040. The van der Waals surface area contributed by atoms with Crippen molar-refractivity contribution in [2.24, 2.45) is 0 Å². The summed E-state index contributed by atoms with van der Waals surface area (Å²) in [6.07, 6.45) is 5.53. The lowest BCUT2D eigenvalue weighted by atomic mass is 9.89. The van der Waals surface area contributed by atoms with Crippen molar-refractivity contribution < 1.29 is 9.21 Å². The summed E-state index contributed by atoms with van der Waals surface area (Å²) in [5, 5.41) is 8.78. The summed E-state index contributed by atoms with van der Waals surface area (Å²) in [4.78, 5) is 18.1. The standard InChI is InChI=1S/C21H20N4O2S/c1-14(26)25-18-7-5-4-6-17(18)16(12-21(25,2)3)13-28-20-24-23-19(27-20)15-8-10-22-11-9-15/h4-12H,13H2,1-3H3. The van der Waals surface area contributed by atoms with Gasteiger partial charge in [-0.2, -0.15) is 0 Å². The molecule has 3 heterocycles. The van der Waals surface area contributed by atoms with Crippen LogP contribution >= 0.6 is 11.8 Å². The average molecular weight is 392 g/mol. The van der Waals surface area contributed by atoms with Gasteiger partial charge in [0, 0.05) is 36.2 Å². The number of anilines is 1. The number of carbonyl (C=O) groups is 1. The molecule has 2 aromatic heterocycles. The van der Waals surface area contributed by atoms with E-state index in [0.717, 1.165) is 22.4 Å². The molecule has 1 amide bonds. The van der Waals surface area contributed by atoms with E-state index in [2.05, 4.69) is 21.3 Å². The van der Waals surface area contributed by atoms with E-state index in [1.807, 2.05) is 55.1 Å². The lowest BCUT2D eigenvalue weighted by Crippen LogP contribution is -2.48. The molecular weight excluding hydrogens is 372 g/mol. The van der Waals surface area contributed by atoms with Crippen LogP contribution in [0.4, 0.5) is 5.69 Å². The zero-order chi connectivity index (χ0) is 19.7. The predicted molar refractivity (Wildman–Crippen MR) is 110 cm³/mol. The number of thioether (sulfide) groups is 1. The fourth-order valence-electron chi connectivity index (χ4n) is 3.53. The predicted octanol–water partition coefficient (Wildman–Crippen LogP) is 4.45. The van der Waals surface area contributed by atoms with Gasteiger partial charge < -0.3 is 9.32 Å². The fourth-order valence-corrected chi connectivity index (χ4v) is 4.29. The monoisotopic (exact) mass is 392 g/mol. The summed E-state index contributed by atoms with van der Waals surface area (Å²) < 4.78 is 5.78. The fraction of sp³-hybridized carbons (Fsp3) is 0.238. The van der Waals surface area contributed by atoms with Gasteiger partial charge in [-0.05, 0) is 37.6 Å². The molecule has 3 aromatic rings. The molecule has 1 aromatic carbocycles. The van der Waals surface area contributed by atoms with E-state index in [9.17, 15) is 4.79 Å². The summed E-state index contributed by atoms with van der Waals surface area (Å²) in [6.45, 7) is 5.69. The van der Waals surface area contributed by atoms with E-state index < -0.39 is 5.54 Å². The van der Waals surface area contributed by atoms with Gasteiger partial charge in [0.2, 0.25) is 11.8 Å². The van der Waals surface area contributed by atoms with E-state index in [0.29, 0.717) is 16.9 Å². The van der Waals surface area contributed by atoms with Crippen molar-refractivity contribution in [3.8, 4) is 11.5 Å². The molecular formula is C21H20N4O2S. The number of pyridine rings is 1. The maximum atomic E-state index is 12.3. The van der Waals surface area contributed by atoms with E-state index in [4.69, 9.17) is 4.42 Å². The highest BCUT2D eigenvalue weighted by atomic mass is 32.2. The zero-order valence-corrected chi connectivity index (χ0v) is 16.7. The molecule has 0 saturated heterocycles. The maximum Gasteiger partial charge on any atom is 0.277 e. The largest absolute Gasteiger partial charge is 0.411 e. The Balaban J connectivity index is 1.59. The number of nitrogens with zero attached hydrogens (tertiary/aromatic N) is 4. The molecule has 0 aliphatic carbocycles. The van der Waals surface area contributed by atoms with Crippen LogP contribution in [0.25, 0.3) is 17.0 Å². The van der Waals surface area contributed by atoms with Crippen LogP contribution in [0.1, 0.15) is 26.3 Å². The molecule has 0 N–H and O–H groups in total. The van der Waals surface area contributed by atoms with Crippen LogP contribution in [0.5, 0.6) is 0 Å². The summed E-state index contributed by atoms with van der Waals surface area (Å²) in [7, 11) is 0. The molecule has 0 spiro atoms. The van der Waals surface area contributed by atoms with Gasteiger partial charge in [-0.1, -0.05) is 36.0 Å². The first-order valence-corrected chi connectivity index (χ1v) is 9.93. The van der Waals surface area contributed by atoms with Crippen LogP contribution in [0.15, 0.2) is 64.5 Å². The SMILES string of the molecule is CC(=O)N1c2ccccc2C(CSc2nnc(-c3ccncc3)o2)=CC1(C)C. The van der Waals surface area contributed by atoms with Gasteiger partial charge in [0.25, 0.3) is 5.22 Å². The van der Waals surface area contributed by atoms with Gasteiger partial charge in [0.05, 0.1) is 11.2 Å². The number of para-hydroxylation sites is 1. The minimum absolute atomic E-state index is 0.0271. The van der Waals surface area contributed by atoms with Gasteiger partial charge >= 0.3 is 0 Å². The Morgan fingerprint density at radius 1 is 1.14 bits per heavy atom. The smallest absolute Gasteiger partial charge is 0.277 e. The topological polar surface area (TPSA) is 72.1 Å². The highest BCUT2D eigenvalue weighted by Gasteiger charge is 2.34. The van der Waals surface area contributed by atoms with Crippen LogP contribution in [-0.4, -0.2) is 32.4 Å².